The van der Waals surface area contributed by atoms with Crippen LogP contribution < -0.4 is 5.32 Å². The first-order chi connectivity index (χ1) is 12.0. The summed E-state index contributed by atoms with van der Waals surface area (Å²) < 4.78 is 12.2. The highest BCUT2D eigenvalue weighted by molar-refractivity contribution is 6.05. The van der Waals surface area contributed by atoms with E-state index in [9.17, 15) is 9.59 Å². The first-order valence-corrected chi connectivity index (χ1v) is 7.98. The highest BCUT2D eigenvalue weighted by Crippen LogP contribution is 2.22. The predicted octanol–water partition coefficient (Wildman–Crippen LogP) is 3.05. The Morgan fingerprint density at radius 1 is 1.36 bits per heavy atom. The van der Waals surface area contributed by atoms with Crippen LogP contribution in [-0.4, -0.2) is 27.7 Å². The zero-order valence-electron chi connectivity index (χ0n) is 14.3. The third kappa shape index (κ3) is 3.40. The van der Waals surface area contributed by atoms with Crippen molar-refractivity contribution < 1.29 is 18.8 Å². The highest BCUT2D eigenvalue weighted by Gasteiger charge is 2.24. The molecule has 7 heteroatoms. The second-order valence-corrected chi connectivity index (χ2v) is 5.79. The fraction of sp³-hybridized carbons (Fsp3) is 0.278. The van der Waals surface area contributed by atoms with Gasteiger partial charge in [0.1, 0.15) is 5.76 Å². The van der Waals surface area contributed by atoms with Crippen molar-refractivity contribution in [3.63, 3.8) is 0 Å². The predicted molar refractivity (Wildman–Crippen MR) is 92.3 cm³/mol. The van der Waals surface area contributed by atoms with Crippen molar-refractivity contribution in [3.05, 3.63) is 47.9 Å². The lowest BCUT2D eigenvalue weighted by Gasteiger charge is -2.14. The molecule has 1 amide bonds. The summed E-state index contributed by atoms with van der Waals surface area (Å²) >= 11 is 0. The Kier molecular flexibility index (Phi) is 4.56. The zero-order chi connectivity index (χ0) is 18.0. The van der Waals surface area contributed by atoms with Gasteiger partial charge in [0.25, 0.3) is 5.91 Å². The summed E-state index contributed by atoms with van der Waals surface area (Å²) in [6.45, 7) is 3.50. The highest BCUT2D eigenvalue weighted by atomic mass is 16.5. The molecule has 3 aromatic rings. The molecule has 0 fully saturated rings. The molecule has 130 valence electrons. The Morgan fingerprint density at radius 3 is 2.80 bits per heavy atom. The van der Waals surface area contributed by atoms with Crippen molar-refractivity contribution in [3.8, 4) is 0 Å². The molecule has 2 heterocycles. The molecule has 0 aliphatic carbocycles. The smallest absolute Gasteiger partial charge is 0.341 e. The Bertz CT molecular complexity index is 925. The number of aryl methyl sites for hydroxylation is 2. The van der Waals surface area contributed by atoms with Crippen LogP contribution in [0.25, 0.3) is 10.9 Å². The summed E-state index contributed by atoms with van der Waals surface area (Å²) in [6, 6.07) is 9.13. The molecule has 0 saturated heterocycles. The van der Waals surface area contributed by atoms with E-state index < -0.39 is 18.0 Å². The number of fused-ring (bicyclic) bond motifs is 1. The molecule has 1 unspecified atom stereocenters. The van der Waals surface area contributed by atoms with Crippen LogP contribution in [0.1, 0.15) is 29.5 Å². The molecule has 1 N–H and O–H groups in total. The molecule has 0 bridgehead atoms. The van der Waals surface area contributed by atoms with E-state index in [4.69, 9.17) is 9.26 Å². The largest absolute Gasteiger partial charge is 0.449 e. The van der Waals surface area contributed by atoms with Gasteiger partial charge in [-0.25, -0.2) is 4.79 Å². The molecule has 0 aliphatic rings. The monoisotopic (exact) mass is 341 g/mol. The normalized spacial score (nSPS) is 12.1. The maximum absolute atomic E-state index is 12.6. The van der Waals surface area contributed by atoms with Crippen molar-refractivity contribution in [1.82, 2.24) is 9.72 Å². The Labute approximate surface area is 144 Å². The van der Waals surface area contributed by atoms with Crippen LogP contribution in [0, 0.1) is 6.92 Å². The number of hydrogen-bond donors (Lipinski definition) is 1. The van der Waals surface area contributed by atoms with E-state index in [-0.39, 0.29) is 0 Å². The number of amides is 1. The third-order valence-electron chi connectivity index (χ3n) is 3.91. The first kappa shape index (κ1) is 16.8. The van der Waals surface area contributed by atoms with Gasteiger partial charge in [-0.1, -0.05) is 30.3 Å². The van der Waals surface area contributed by atoms with Gasteiger partial charge in [0.05, 0.1) is 5.56 Å². The fourth-order valence-electron chi connectivity index (χ4n) is 2.65. The Balaban J connectivity index is 1.76. The fourth-order valence-corrected chi connectivity index (χ4v) is 2.65. The minimum atomic E-state index is -0.913. The molecular weight excluding hydrogens is 322 g/mol. The van der Waals surface area contributed by atoms with E-state index in [0.717, 1.165) is 10.9 Å². The Morgan fingerprint density at radius 2 is 2.12 bits per heavy atom. The van der Waals surface area contributed by atoms with E-state index in [2.05, 4.69) is 10.5 Å². The van der Waals surface area contributed by atoms with Gasteiger partial charge < -0.3 is 19.1 Å². The zero-order valence-corrected chi connectivity index (χ0v) is 14.3. The van der Waals surface area contributed by atoms with Gasteiger partial charge in [-0.05, 0) is 19.4 Å². The number of rotatable bonds is 5. The summed E-state index contributed by atoms with van der Waals surface area (Å²) in [4.78, 5) is 24.9. The molecule has 3 rings (SSSR count). The maximum Gasteiger partial charge on any atom is 0.341 e. The van der Waals surface area contributed by atoms with Gasteiger partial charge in [0, 0.05) is 30.2 Å². The van der Waals surface area contributed by atoms with Gasteiger partial charge in [-0.3, -0.25) is 4.79 Å². The topological polar surface area (TPSA) is 86.4 Å². The van der Waals surface area contributed by atoms with Crippen molar-refractivity contribution in [1.29, 1.82) is 0 Å². The summed E-state index contributed by atoms with van der Waals surface area (Å²) in [7, 11) is 1.86. The first-order valence-electron chi connectivity index (χ1n) is 7.98. The van der Waals surface area contributed by atoms with E-state index >= 15 is 0 Å². The molecule has 0 radical (unpaired) electrons. The molecule has 1 aromatic carbocycles. The van der Waals surface area contributed by atoms with E-state index in [1.165, 1.54) is 0 Å². The molecule has 0 saturated carbocycles. The van der Waals surface area contributed by atoms with Crippen LogP contribution in [0.4, 0.5) is 5.82 Å². The minimum Gasteiger partial charge on any atom is -0.449 e. The summed E-state index contributed by atoms with van der Waals surface area (Å²) in [5.74, 6) is -0.0993. The van der Waals surface area contributed by atoms with Gasteiger partial charge in [0.15, 0.2) is 11.9 Å². The number of aromatic nitrogens is 2. The molecule has 0 aliphatic heterocycles. The van der Waals surface area contributed by atoms with Crippen molar-refractivity contribution in [2.45, 2.75) is 26.4 Å². The number of nitrogens with one attached hydrogen (secondary N) is 1. The summed E-state index contributed by atoms with van der Waals surface area (Å²) in [5.41, 5.74) is 1.35. The number of esters is 1. The maximum atomic E-state index is 12.6. The number of para-hydroxylation sites is 1. The Hall–Kier alpha value is -3.09. The van der Waals surface area contributed by atoms with Crippen molar-refractivity contribution in [2.75, 3.05) is 5.32 Å². The number of carbonyl (C=O) groups excluding carboxylic acids is 2. The van der Waals surface area contributed by atoms with Crippen LogP contribution in [0.3, 0.4) is 0 Å². The summed E-state index contributed by atoms with van der Waals surface area (Å²) in [6.07, 6.45) is 1.14. The van der Waals surface area contributed by atoms with Crippen LogP contribution in [0.5, 0.6) is 0 Å². The SMILES string of the molecule is CCC(OC(=O)c1cn(C)c2ccccc12)C(=O)Nc1cc(C)on1. The standard InChI is InChI=1S/C18H19N3O4/c1-4-15(17(22)19-16-9-11(2)25-20-16)24-18(23)13-10-21(3)14-8-6-5-7-12(13)14/h5-10,15H,4H2,1-3H3,(H,19,20,22). The van der Waals surface area contributed by atoms with E-state index in [1.54, 1.807) is 26.1 Å². The van der Waals surface area contributed by atoms with Crippen molar-refractivity contribution >= 4 is 28.6 Å². The van der Waals surface area contributed by atoms with Gasteiger partial charge >= 0.3 is 5.97 Å². The lowest BCUT2D eigenvalue weighted by Crippen LogP contribution is -2.32. The number of benzene rings is 1. The van der Waals surface area contributed by atoms with E-state index in [0.29, 0.717) is 23.6 Å². The molecular formula is C18H19N3O4. The minimum absolute atomic E-state index is 0.294. The molecule has 25 heavy (non-hydrogen) atoms. The lowest BCUT2D eigenvalue weighted by molar-refractivity contribution is -0.124. The van der Waals surface area contributed by atoms with Crippen LogP contribution >= 0.6 is 0 Å². The molecule has 1 atom stereocenters. The molecule has 0 spiro atoms. The second-order valence-electron chi connectivity index (χ2n) is 5.79. The van der Waals surface area contributed by atoms with Gasteiger partial charge in [-0.2, -0.15) is 0 Å². The number of ether oxygens (including phenoxy) is 1. The summed E-state index contributed by atoms with van der Waals surface area (Å²) in [5, 5.41) is 7.08. The van der Waals surface area contributed by atoms with E-state index in [1.807, 2.05) is 35.9 Å². The molecule has 7 nitrogen and oxygen atoms in total. The lowest BCUT2D eigenvalue weighted by atomic mass is 10.2. The molecule has 2 aromatic heterocycles. The quantitative estimate of drug-likeness (QED) is 0.721. The van der Waals surface area contributed by atoms with Gasteiger partial charge in [0.2, 0.25) is 0 Å². The van der Waals surface area contributed by atoms with Crippen LogP contribution in [-0.2, 0) is 16.6 Å². The van der Waals surface area contributed by atoms with Crippen LogP contribution in [0.15, 0.2) is 41.1 Å². The second kappa shape index (κ2) is 6.80. The average molecular weight is 341 g/mol. The number of nitrogens with zero attached hydrogens (tertiary/aromatic N) is 2. The third-order valence-corrected chi connectivity index (χ3v) is 3.91. The van der Waals surface area contributed by atoms with Gasteiger partial charge in [-0.15, -0.1) is 0 Å². The average Bonchev–Trinajstić information content (AvgIpc) is 3.16. The number of carbonyl (C=O) groups is 2. The number of hydrogen-bond acceptors (Lipinski definition) is 5. The van der Waals surface area contributed by atoms with Crippen molar-refractivity contribution in [2.24, 2.45) is 7.05 Å². The number of anilines is 1. The van der Waals surface area contributed by atoms with Crippen LogP contribution in [0.2, 0.25) is 0 Å².